The van der Waals surface area contributed by atoms with Gasteiger partial charge in [0.15, 0.2) is 0 Å². The molecule has 0 unspecified atom stereocenters. The van der Waals surface area contributed by atoms with Gasteiger partial charge < -0.3 is 20.3 Å². The number of nitrogens with one attached hydrogen (secondary N) is 2. The number of benzene rings is 2. The number of hydrogen-bond donors (Lipinski definition) is 2. The Kier molecular flexibility index (Phi) is 5.72. The first-order valence-corrected chi connectivity index (χ1v) is 8.66. The van der Waals surface area contributed by atoms with E-state index in [9.17, 15) is 4.79 Å². The molecule has 1 aliphatic heterocycles. The molecule has 1 fully saturated rings. The van der Waals surface area contributed by atoms with Crippen LogP contribution in [0.25, 0.3) is 0 Å². The Labute approximate surface area is 153 Å². The molecule has 2 N–H and O–H groups in total. The summed E-state index contributed by atoms with van der Waals surface area (Å²) in [5.41, 5.74) is 1.30. The third-order valence-corrected chi connectivity index (χ3v) is 4.39. The van der Waals surface area contributed by atoms with Crippen molar-refractivity contribution < 1.29 is 9.53 Å². The van der Waals surface area contributed by atoms with Gasteiger partial charge in [-0.1, -0.05) is 0 Å². The van der Waals surface area contributed by atoms with E-state index in [0.717, 1.165) is 25.9 Å². The predicted molar refractivity (Wildman–Crippen MR) is 100 cm³/mol. The maximum absolute atomic E-state index is 12.1. The van der Waals surface area contributed by atoms with Crippen molar-refractivity contribution >= 4 is 11.7 Å². The predicted octanol–water partition coefficient (Wildman–Crippen LogP) is 3.57. The number of nitriles is 1. The molecule has 0 aromatic heterocycles. The maximum Gasteiger partial charge on any atom is 0.319 e. The summed E-state index contributed by atoms with van der Waals surface area (Å²) < 4.78 is 5.73. The van der Waals surface area contributed by atoms with Gasteiger partial charge in [0, 0.05) is 11.7 Å². The van der Waals surface area contributed by atoms with Crippen LogP contribution in [-0.4, -0.2) is 37.1 Å². The fraction of sp³-hybridized carbons (Fsp3) is 0.300. The van der Waals surface area contributed by atoms with Gasteiger partial charge >= 0.3 is 6.03 Å². The summed E-state index contributed by atoms with van der Waals surface area (Å²) in [6.07, 6.45) is 1.95. The number of amides is 2. The van der Waals surface area contributed by atoms with Crippen LogP contribution >= 0.6 is 0 Å². The molecule has 2 aromatic rings. The van der Waals surface area contributed by atoms with Crippen molar-refractivity contribution in [3.8, 4) is 17.6 Å². The van der Waals surface area contributed by atoms with Crippen molar-refractivity contribution in [2.24, 2.45) is 0 Å². The van der Waals surface area contributed by atoms with E-state index in [0.29, 0.717) is 22.7 Å². The number of ether oxygens (including phenoxy) is 1. The molecule has 0 aliphatic carbocycles. The summed E-state index contributed by atoms with van der Waals surface area (Å²) in [5, 5.41) is 14.7. The molecule has 0 atom stereocenters. The zero-order valence-corrected chi connectivity index (χ0v) is 14.7. The summed E-state index contributed by atoms with van der Waals surface area (Å²) in [5.74, 6) is 1.32. The van der Waals surface area contributed by atoms with Crippen LogP contribution in [0.3, 0.4) is 0 Å². The van der Waals surface area contributed by atoms with Crippen LogP contribution in [0.15, 0.2) is 48.5 Å². The lowest BCUT2D eigenvalue weighted by molar-refractivity contribution is 0.221. The van der Waals surface area contributed by atoms with E-state index in [-0.39, 0.29) is 12.1 Å². The Morgan fingerprint density at radius 2 is 1.65 bits per heavy atom. The van der Waals surface area contributed by atoms with Crippen LogP contribution in [0, 0.1) is 11.3 Å². The van der Waals surface area contributed by atoms with Crippen molar-refractivity contribution in [3.63, 3.8) is 0 Å². The molecule has 3 rings (SSSR count). The first kappa shape index (κ1) is 17.8. The van der Waals surface area contributed by atoms with Crippen LogP contribution < -0.4 is 15.4 Å². The number of carbonyl (C=O) groups excluding carboxylic acids is 1. The van der Waals surface area contributed by atoms with Crippen LogP contribution in [0.5, 0.6) is 11.5 Å². The third-order valence-electron chi connectivity index (χ3n) is 4.39. The standard InChI is InChI=1S/C20H22N4O2/c1-24-12-10-17(11-13-24)23-20(25)22-16-4-8-19(9-5-16)26-18-6-2-15(14-21)3-7-18/h2-9,17H,10-13H2,1H3,(H2,22,23,25). The number of nitrogens with zero attached hydrogens (tertiary/aromatic N) is 2. The van der Waals surface area contributed by atoms with E-state index in [1.54, 1.807) is 48.5 Å². The van der Waals surface area contributed by atoms with Crippen molar-refractivity contribution in [2.45, 2.75) is 18.9 Å². The SMILES string of the molecule is CN1CCC(NC(=O)Nc2ccc(Oc3ccc(C#N)cc3)cc2)CC1. The summed E-state index contributed by atoms with van der Waals surface area (Å²) in [7, 11) is 2.10. The van der Waals surface area contributed by atoms with Gasteiger partial charge in [0.1, 0.15) is 11.5 Å². The topological polar surface area (TPSA) is 77.4 Å². The van der Waals surface area contributed by atoms with Crippen LogP contribution in [0.1, 0.15) is 18.4 Å². The van der Waals surface area contributed by atoms with E-state index in [4.69, 9.17) is 10.00 Å². The molecule has 2 aromatic carbocycles. The van der Waals surface area contributed by atoms with Gasteiger partial charge in [0.05, 0.1) is 11.6 Å². The molecule has 0 bridgehead atoms. The van der Waals surface area contributed by atoms with Gasteiger partial charge in [-0.3, -0.25) is 0 Å². The molecule has 6 heteroatoms. The molecule has 0 saturated carbocycles. The minimum absolute atomic E-state index is 0.180. The molecule has 0 radical (unpaired) electrons. The van der Waals surface area contributed by atoms with E-state index >= 15 is 0 Å². The van der Waals surface area contributed by atoms with Gasteiger partial charge in [-0.25, -0.2) is 4.79 Å². The largest absolute Gasteiger partial charge is 0.457 e. The smallest absolute Gasteiger partial charge is 0.319 e. The lowest BCUT2D eigenvalue weighted by Crippen LogP contribution is -2.44. The molecule has 1 saturated heterocycles. The minimum Gasteiger partial charge on any atom is -0.457 e. The molecule has 1 heterocycles. The number of anilines is 1. The van der Waals surface area contributed by atoms with Crippen LogP contribution in [-0.2, 0) is 0 Å². The minimum atomic E-state index is -0.180. The summed E-state index contributed by atoms with van der Waals surface area (Å²) in [4.78, 5) is 14.4. The van der Waals surface area contributed by atoms with Gasteiger partial charge in [0.25, 0.3) is 0 Å². The average Bonchev–Trinajstić information content (AvgIpc) is 2.66. The van der Waals surface area contributed by atoms with Crippen molar-refractivity contribution in [3.05, 3.63) is 54.1 Å². The van der Waals surface area contributed by atoms with Crippen LogP contribution in [0.2, 0.25) is 0 Å². The molecule has 134 valence electrons. The zero-order valence-electron chi connectivity index (χ0n) is 14.7. The number of rotatable bonds is 4. The normalized spacial score (nSPS) is 15.1. The number of piperidine rings is 1. The highest BCUT2D eigenvalue weighted by Gasteiger charge is 2.18. The zero-order chi connectivity index (χ0) is 18.4. The Morgan fingerprint density at radius 1 is 1.08 bits per heavy atom. The second-order valence-corrected chi connectivity index (χ2v) is 6.44. The number of hydrogen-bond acceptors (Lipinski definition) is 4. The average molecular weight is 350 g/mol. The quantitative estimate of drug-likeness (QED) is 0.884. The van der Waals surface area contributed by atoms with Crippen molar-refractivity contribution in [1.29, 1.82) is 5.26 Å². The first-order valence-electron chi connectivity index (χ1n) is 8.66. The van der Waals surface area contributed by atoms with Gasteiger partial charge in [-0.2, -0.15) is 5.26 Å². The Bertz CT molecular complexity index is 773. The number of carbonyl (C=O) groups is 1. The first-order chi connectivity index (χ1) is 12.6. The van der Waals surface area contributed by atoms with E-state index in [2.05, 4.69) is 28.7 Å². The maximum atomic E-state index is 12.1. The molecule has 26 heavy (non-hydrogen) atoms. The van der Waals surface area contributed by atoms with E-state index in [1.165, 1.54) is 0 Å². The fourth-order valence-electron chi connectivity index (χ4n) is 2.85. The second kappa shape index (κ2) is 8.37. The van der Waals surface area contributed by atoms with E-state index in [1.807, 2.05) is 0 Å². The number of urea groups is 1. The summed E-state index contributed by atoms with van der Waals surface area (Å²) in [6.45, 7) is 2.01. The second-order valence-electron chi connectivity index (χ2n) is 6.44. The Morgan fingerprint density at radius 3 is 2.23 bits per heavy atom. The lowest BCUT2D eigenvalue weighted by atomic mass is 10.1. The highest BCUT2D eigenvalue weighted by atomic mass is 16.5. The molecule has 2 amide bonds. The Hall–Kier alpha value is -3.04. The van der Waals surface area contributed by atoms with Gasteiger partial charge in [-0.05, 0) is 81.5 Å². The van der Waals surface area contributed by atoms with Gasteiger partial charge in [-0.15, -0.1) is 0 Å². The summed E-state index contributed by atoms with van der Waals surface area (Å²) in [6, 6.07) is 16.2. The highest BCUT2D eigenvalue weighted by Crippen LogP contribution is 2.23. The molecule has 0 spiro atoms. The molecular weight excluding hydrogens is 328 g/mol. The van der Waals surface area contributed by atoms with E-state index < -0.39 is 0 Å². The summed E-state index contributed by atoms with van der Waals surface area (Å²) >= 11 is 0. The van der Waals surface area contributed by atoms with Gasteiger partial charge in [0.2, 0.25) is 0 Å². The molecule has 1 aliphatic rings. The lowest BCUT2D eigenvalue weighted by Gasteiger charge is -2.29. The monoisotopic (exact) mass is 350 g/mol. The molecular formula is C20H22N4O2. The molecule has 6 nitrogen and oxygen atoms in total. The van der Waals surface area contributed by atoms with Crippen molar-refractivity contribution in [1.82, 2.24) is 10.2 Å². The fourth-order valence-corrected chi connectivity index (χ4v) is 2.85. The Balaban J connectivity index is 1.50. The number of likely N-dealkylation sites (tertiary alicyclic amines) is 1. The van der Waals surface area contributed by atoms with Crippen molar-refractivity contribution in [2.75, 3.05) is 25.5 Å². The van der Waals surface area contributed by atoms with Crippen LogP contribution in [0.4, 0.5) is 10.5 Å². The highest BCUT2D eigenvalue weighted by molar-refractivity contribution is 5.89. The third kappa shape index (κ3) is 4.98.